The lowest BCUT2D eigenvalue weighted by atomic mass is 10.0. The molecule has 0 radical (unpaired) electrons. The van der Waals surface area contributed by atoms with Crippen molar-refractivity contribution in [2.24, 2.45) is 5.73 Å². The molecule has 0 unspecified atom stereocenters. The molecule has 0 aliphatic carbocycles. The fourth-order valence-electron chi connectivity index (χ4n) is 2.62. The minimum Gasteiger partial charge on any atom is -0.405 e. The molecular weight excluding hydrogens is 334 g/mol. The molecule has 2 N–H and O–H groups in total. The molecule has 0 atom stereocenters. The highest BCUT2D eigenvalue weighted by atomic mass is 32.1. The lowest BCUT2D eigenvalue weighted by Gasteiger charge is -2.04. The molecule has 1 heterocycles. The van der Waals surface area contributed by atoms with Gasteiger partial charge in [0.15, 0.2) is 0 Å². The van der Waals surface area contributed by atoms with Crippen molar-refractivity contribution in [3.8, 4) is 0 Å². The molecule has 0 amide bonds. The summed E-state index contributed by atoms with van der Waals surface area (Å²) in [6.45, 7) is 14.9. The van der Waals surface area contributed by atoms with Gasteiger partial charge in [0.25, 0.3) is 0 Å². The Morgan fingerprint density at radius 1 is 0.962 bits per heavy atom. The van der Waals surface area contributed by atoms with Crippen LogP contribution in [-0.2, 0) is 0 Å². The van der Waals surface area contributed by atoms with E-state index in [1.165, 1.54) is 43.1 Å². The zero-order chi connectivity index (χ0) is 19.7. The van der Waals surface area contributed by atoms with Crippen molar-refractivity contribution in [2.75, 3.05) is 0 Å². The number of thiophene rings is 1. The summed E-state index contributed by atoms with van der Waals surface area (Å²) in [6.07, 6.45) is 7.07. The summed E-state index contributed by atoms with van der Waals surface area (Å²) in [5, 5.41) is 2.82. The number of aryl methyl sites for hydroxylation is 2. The van der Waals surface area contributed by atoms with Gasteiger partial charge in [-0.2, -0.15) is 0 Å². The van der Waals surface area contributed by atoms with E-state index in [1.807, 2.05) is 44.3 Å². The minimum atomic E-state index is 0.599. The van der Waals surface area contributed by atoms with Crippen LogP contribution in [0.4, 0.5) is 0 Å². The SMILES string of the molecule is C/C=C\C=C/N.CC.Cc1ccc2c(sc3cc(C(C)C)ccc32)c1C. The zero-order valence-electron chi connectivity index (χ0n) is 17.3. The average Bonchev–Trinajstić information content (AvgIpc) is 3.03. The Kier molecular flexibility index (Phi) is 9.15. The van der Waals surface area contributed by atoms with Crippen LogP contribution in [0.25, 0.3) is 20.2 Å². The second-order valence-electron chi connectivity index (χ2n) is 6.31. The molecule has 0 saturated heterocycles. The van der Waals surface area contributed by atoms with Crippen LogP contribution in [-0.4, -0.2) is 0 Å². The fourth-order valence-corrected chi connectivity index (χ4v) is 3.93. The maximum atomic E-state index is 4.98. The summed E-state index contributed by atoms with van der Waals surface area (Å²) in [4.78, 5) is 0. The summed E-state index contributed by atoms with van der Waals surface area (Å²) in [6, 6.07) is 11.4. The van der Waals surface area contributed by atoms with E-state index in [0.717, 1.165) is 0 Å². The van der Waals surface area contributed by atoms with Crippen molar-refractivity contribution < 1.29 is 0 Å². The van der Waals surface area contributed by atoms with E-state index in [0.29, 0.717) is 5.92 Å². The van der Waals surface area contributed by atoms with Gasteiger partial charge in [-0.15, -0.1) is 11.3 Å². The van der Waals surface area contributed by atoms with Gasteiger partial charge in [0, 0.05) is 20.2 Å². The van der Waals surface area contributed by atoms with Crippen molar-refractivity contribution in [3.63, 3.8) is 0 Å². The van der Waals surface area contributed by atoms with Gasteiger partial charge in [0.2, 0.25) is 0 Å². The molecule has 0 bridgehead atoms. The van der Waals surface area contributed by atoms with E-state index in [2.05, 4.69) is 58.0 Å². The molecule has 140 valence electrons. The molecule has 0 aliphatic rings. The first-order valence-electron chi connectivity index (χ1n) is 9.41. The molecule has 26 heavy (non-hydrogen) atoms. The zero-order valence-corrected chi connectivity index (χ0v) is 18.1. The Morgan fingerprint density at radius 3 is 2.15 bits per heavy atom. The van der Waals surface area contributed by atoms with Gasteiger partial charge in [-0.05, 0) is 61.7 Å². The van der Waals surface area contributed by atoms with E-state index in [1.54, 1.807) is 6.08 Å². The van der Waals surface area contributed by atoms with Gasteiger partial charge in [0.05, 0.1) is 0 Å². The predicted octanol–water partition coefficient (Wildman–Crippen LogP) is 7.86. The lowest BCUT2D eigenvalue weighted by molar-refractivity contribution is 0.869. The molecule has 1 nitrogen and oxygen atoms in total. The predicted molar refractivity (Wildman–Crippen MR) is 122 cm³/mol. The van der Waals surface area contributed by atoms with Crippen LogP contribution in [0.1, 0.15) is 57.2 Å². The third-order valence-corrected chi connectivity index (χ3v) is 5.55. The van der Waals surface area contributed by atoms with Crippen LogP contribution in [0, 0.1) is 13.8 Å². The highest BCUT2D eigenvalue weighted by Crippen LogP contribution is 2.37. The van der Waals surface area contributed by atoms with Gasteiger partial charge >= 0.3 is 0 Å². The van der Waals surface area contributed by atoms with Crippen LogP contribution < -0.4 is 5.73 Å². The number of hydrogen-bond donors (Lipinski definition) is 1. The molecule has 0 aliphatic heterocycles. The summed E-state index contributed by atoms with van der Waals surface area (Å²) >= 11 is 1.93. The highest BCUT2D eigenvalue weighted by Gasteiger charge is 2.09. The van der Waals surface area contributed by atoms with E-state index < -0.39 is 0 Å². The Morgan fingerprint density at radius 2 is 1.62 bits per heavy atom. The van der Waals surface area contributed by atoms with Crippen molar-refractivity contribution in [2.45, 2.75) is 54.4 Å². The first kappa shape index (κ1) is 22.0. The van der Waals surface area contributed by atoms with Crippen LogP contribution in [0.2, 0.25) is 0 Å². The standard InChI is InChI=1S/C17H18S.C5H9N.C2H6/c1-10(2)13-6-8-14-15-7-5-11(3)12(4)17(15)18-16(14)9-13;1-2-3-4-5-6;1-2/h5-10H,1-4H3;2-5H,6H2,1H3;1-2H3/b;3-2-,5-4-;. The Hall–Kier alpha value is -2.06. The van der Waals surface area contributed by atoms with Crippen molar-refractivity contribution >= 4 is 31.5 Å². The minimum absolute atomic E-state index is 0.599. The topological polar surface area (TPSA) is 26.0 Å². The molecule has 3 rings (SSSR count). The lowest BCUT2D eigenvalue weighted by Crippen LogP contribution is -1.84. The molecule has 1 aromatic heterocycles. The highest BCUT2D eigenvalue weighted by molar-refractivity contribution is 7.26. The first-order valence-corrected chi connectivity index (χ1v) is 10.2. The molecule has 0 spiro atoms. The number of rotatable bonds is 2. The van der Waals surface area contributed by atoms with E-state index in [-0.39, 0.29) is 0 Å². The van der Waals surface area contributed by atoms with Crippen molar-refractivity contribution in [1.82, 2.24) is 0 Å². The maximum absolute atomic E-state index is 4.98. The molecule has 3 aromatic rings. The monoisotopic (exact) mass is 367 g/mol. The summed E-state index contributed by atoms with van der Waals surface area (Å²) in [5.74, 6) is 0.599. The Labute approximate surface area is 163 Å². The van der Waals surface area contributed by atoms with Crippen LogP contribution in [0.3, 0.4) is 0 Å². The molecular formula is C24H33NS. The number of allylic oxidation sites excluding steroid dienone is 3. The fraction of sp³-hybridized carbons (Fsp3) is 0.333. The number of benzene rings is 2. The quantitative estimate of drug-likeness (QED) is 0.458. The van der Waals surface area contributed by atoms with Gasteiger partial charge in [0.1, 0.15) is 0 Å². The number of nitrogens with two attached hydrogens (primary N) is 1. The summed E-state index contributed by atoms with van der Waals surface area (Å²) in [5.41, 5.74) is 9.23. The third kappa shape index (κ3) is 5.22. The van der Waals surface area contributed by atoms with Gasteiger partial charge in [-0.25, -0.2) is 0 Å². The van der Waals surface area contributed by atoms with E-state index in [4.69, 9.17) is 5.73 Å². The Bertz CT molecular complexity index is 872. The smallest absolute Gasteiger partial charge is 0.0387 e. The van der Waals surface area contributed by atoms with Crippen molar-refractivity contribution in [3.05, 3.63) is 71.5 Å². The summed E-state index contributed by atoms with van der Waals surface area (Å²) in [7, 11) is 0. The van der Waals surface area contributed by atoms with Crippen LogP contribution in [0.15, 0.2) is 54.8 Å². The largest absolute Gasteiger partial charge is 0.405 e. The van der Waals surface area contributed by atoms with Gasteiger partial charge in [-0.3, -0.25) is 0 Å². The normalized spacial score (nSPS) is 11.1. The Balaban J connectivity index is 0.000000363. The summed E-state index contributed by atoms with van der Waals surface area (Å²) < 4.78 is 2.87. The third-order valence-electron chi connectivity index (χ3n) is 4.27. The second kappa shape index (κ2) is 10.8. The van der Waals surface area contributed by atoms with E-state index in [9.17, 15) is 0 Å². The van der Waals surface area contributed by atoms with E-state index >= 15 is 0 Å². The molecule has 0 saturated carbocycles. The first-order chi connectivity index (χ1) is 12.5. The van der Waals surface area contributed by atoms with Crippen LogP contribution >= 0.6 is 11.3 Å². The average molecular weight is 368 g/mol. The maximum Gasteiger partial charge on any atom is 0.0387 e. The molecule has 0 fully saturated rings. The second-order valence-corrected chi connectivity index (χ2v) is 7.36. The molecule has 2 aromatic carbocycles. The van der Waals surface area contributed by atoms with Gasteiger partial charge in [-0.1, -0.05) is 64.1 Å². The number of hydrogen-bond acceptors (Lipinski definition) is 2. The van der Waals surface area contributed by atoms with Crippen LogP contribution in [0.5, 0.6) is 0 Å². The van der Waals surface area contributed by atoms with Crippen molar-refractivity contribution in [1.29, 1.82) is 0 Å². The van der Waals surface area contributed by atoms with Gasteiger partial charge < -0.3 is 5.73 Å². The number of fused-ring (bicyclic) bond motifs is 3. The molecule has 2 heteroatoms.